The molecule has 0 aliphatic carbocycles. The fourth-order valence-electron chi connectivity index (χ4n) is 2.64. The molecular weight excluding hydrogens is 371 g/mol. The van der Waals surface area contributed by atoms with Crippen molar-refractivity contribution < 1.29 is 9.18 Å². The van der Waals surface area contributed by atoms with Crippen molar-refractivity contribution in [1.82, 2.24) is 9.88 Å². The Balaban J connectivity index is 1.95. The van der Waals surface area contributed by atoms with E-state index in [9.17, 15) is 9.18 Å². The molecule has 0 bridgehead atoms. The predicted octanol–water partition coefficient (Wildman–Crippen LogP) is 4.80. The molecule has 0 aliphatic heterocycles. The van der Waals surface area contributed by atoms with E-state index in [1.54, 1.807) is 23.2 Å². The third kappa shape index (κ3) is 3.31. The molecule has 0 saturated heterocycles. The van der Waals surface area contributed by atoms with Gasteiger partial charge in [0.25, 0.3) is 5.91 Å². The first-order valence-electron chi connectivity index (χ1n) is 7.67. The summed E-state index contributed by atoms with van der Waals surface area (Å²) in [5, 5.41) is 1.76. The lowest BCUT2D eigenvalue weighted by atomic mass is 10.1. The average molecular weight is 387 g/mol. The number of halogens is 2. The molecule has 5 heteroatoms. The van der Waals surface area contributed by atoms with Crippen LogP contribution in [0.4, 0.5) is 4.39 Å². The van der Waals surface area contributed by atoms with Crippen molar-refractivity contribution in [2.75, 3.05) is 6.54 Å². The van der Waals surface area contributed by atoms with Crippen molar-refractivity contribution in [2.45, 2.75) is 13.5 Å². The van der Waals surface area contributed by atoms with Gasteiger partial charge in [-0.3, -0.25) is 9.78 Å². The minimum absolute atomic E-state index is 0.200. The average Bonchev–Trinajstić information content (AvgIpc) is 2.61. The fourth-order valence-corrected chi connectivity index (χ4v) is 3.05. The fraction of sp³-hybridized carbons (Fsp3) is 0.158. The molecule has 0 unspecified atom stereocenters. The number of carbonyl (C=O) groups excluding carboxylic acids is 1. The minimum Gasteiger partial charge on any atom is -0.333 e. The maximum Gasteiger partial charge on any atom is 0.273 e. The molecule has 0 spiro atoms. The summed E-state index contributed by atoms with van der Waals surface area (Å²) in [6.45, 7) is 2.54. The van der Waals surface area contributed by atoms with Crippen LogP contribution in [0, 0.1) is 5.82 Å². The molecule has 1 heterocycles. The number of carbonyl (C=O) groups is 1. The van der Waals surface area contributed by atoms with Gasteiger partial charge in [0.1, 0.15) is 11.5 Å². The summed E-state index contributed by atoms with van der Waals surface area (Å²) in [6.07, 6.45) is 1.63. The standard InChI is InChI=1S/C19H16BrFN2O/c1-2-23(12-14-11-15(20)7-8-17(14)21)19(24)18-16-6-4-3-5-13(16)9-10-22-18/h3-11H,2,12H2,1H3. The summed E-state index contributed by atoms with van der Waals surface area (Å²) in [5.74, 6) is -0.524. The Morgan fingerprint density at radius 1 is 1.21 bits per heavy atom. The van der Waals surface area contributed by atoms with Crippen molar-refractivity contribution in [1.29, 1.82) is 0 Å². The Hall–Kier alpha value is -2.27. The number of hydrogen-bond acceptors (Lipinski definition) is 2. The molecule has 1 amide bonds. The Morgan fingerprint density at radius 2 is 2.00 bits per heavy atom. The van der Waals surface area contributed by atoms with E-state index in [0.717, 1.165) is 15.2 Å². The van der Waals surface area contributed by atoms with Crippen LogP contribution in [0.2, 0.25) is 0 Å². The summed E-state index contributed by atoms with van der Waals surface area (Å²) >= 11 is 3.34. The first-order valence-corrected chi connectivity index (χ1v) is 8.46. The van der Waals surface area contributed by atoms with Gasteiger partial charge in [-0.1, -0.05) is 40.2 Å². The number of benzene rings is 2. The monoisotopic (exact) mass is 386 g/mol. The topological polar surface area (TPSA) is 33.2 Å². The lowest BCUT2D eigenvalue weighted by Crippen LogP contribution is -2.31. The molecule has 0 fully saturated rings. The lowest BCUT2D eigenvalue weighted by molar-refractivity contribution is 0.0747. The van der Waals surface area contributed by atoms with Crippen LogP contribution in [0.1, 0.15) is 23.0 Å². The lowest BCUT2D eigenvalue weighted by Gasteiger charge is -2.21. The maximum atomic E-state index is 14.0. The van der Waals surface area contributed by atoms with Crippen molar-refractivity contribution in [2.24, 2.45) is 0 Å². The minimum atomic E-state index is -0.324. The van der Waals surface area contributed by atoms with Crippen LogP contribution in [0.5, 0.6) is 0 Å². The molecule has 3 nitrogen and oxygen atoms in total. The molecule has 1 aromatic heterocycles. The number of nitrogens with zero attached hydrogens (tertiary/aromatic N) is 2. The number of hydrogen-bond donors (Lipinski definition) is 0. The van der Waals surface area contributed by atoms with Crippen LogP contribution in [-0.2, 0) is 6.54 Å². The highest BCUT2D eigenvalue weighted by molar-refractivity contribution is 9.10. The summed E-state index contributed by atoms with van der Waals surface area (Å²) in [4.78, 5) is 18.8. The van der Waals surface area contributed by atoms with E-state index < -0.39 is 0 Å². The van der Waals surface area contributed by atoms with Crippen molar-refractivity contribution >= 4 is 32.6 Å². The van der Waals surface area contributed by atoms with Crippen LogP contribution >= 0.6 is 15.9 Å². The number of aromatic nitrogens is 1. The van der Waals surface area contributed by atoms with Gasteiger partial charge in [0.15, 0.2) is 0 Å². The van der Waals surface area contributed by atoms with Gasteiger partial charge in [-0.05, 0) is 36.6 Å². The first kappa shape index (κ1) is 16.6. The smallest absolute Gasteiger partial charge is 0.273 e. The van der Waals surface area contributed by atoms with Gasteiger partial charge >= 0.3 is 0 Å². The zero-order valence-electron chi connectivity index (χ0n) is 13.2. The number of amides is 1. The molecule has 122 valence electrons. The third-order valence-electron chi connectivity index (χ3n) is 3.91. The number of fused-ring (bicyclic) bond motifs is 1. The van der Waals surface area contributed by atoms with Gasteiger partial charge in [-0.15, -0.1) is 0 Å². The van der Waals surface area contributed by atoms with E-state index >= 15 is 0 Å². The second-order valence-electron chi connectivity index (χ2n) is 5.44. The quantitative estimate of drug-likeness (QED) is 0.645. The SMILES string of the molecule is CCN(Cc1cc(Br)ccc1F)C(=O)c1nccc2ccccc12. The highest BCUT2D eigenvalue weighted by Gasteiger charge is 2.19. The predicted molar refractivity (Wildman–Crippen MR) is 96.3 cm³/mol. The van der Waals surface area contributed by atoms with E-state index in [1.165, 1.54) is 6.07 Å². The van der Waals surface area contributed by atoms with Crippen molar-refractivity contribution in [3.8, 4) is 0 Å². The Morgan fingerprint density at radius 3 is 2.79 bits per heavy atom. The molecule has 3 rings (SSSR count). The highest BCUT2D eigenvalue weighted by Crippen LogP contribution is 2.21. The van der Waals surface area contributed by atoms with Crippen LogP contribution in [-0.4, -0.2) is 22.3 Å². The normalized spacial score (nSPS) is 10.8. The Kier molecular flexibility index (Phi) is 4.90. The second kappa shape index (κ2) is 7.09. The highest BCUT2D eigenvalue weighted by atomic mass is 79.9. The Bertz CT molecular complexity index is 892. The summed E-state index contributed by atoms with van der Waals surface area (Å²) in [5.41, 5.74) is 0.866. The first-order chi connectivity index (χ1) is 11.6. The van der Waals surface area contributed by atoms with Gasteiger partial charge in [0.2, 0.25) is 0 Å². The summed E-state index contributed by atoms with van der Waals surface area (Å²) in [7, 11) is 0. The van der Waals surface area contributed by atoms with Crippen LogP contribution < -0.4 is 0 Å². The molecule has 2 aromatic carbocycles. The van der Waals surface area contributed by atoms with E-state index in [1.807, 2.05) is 37.3 Å². The molecular formula is C19H16BrFN2O. The summed E-state index contributed by atoms with van der Waals surface area (Å²) in [6, 6.07) is 14.2. The largest absolute Gasteiger partial charge is 0.333 e. The van der Waals surface area contributed by atoms with Crippen molar-refractivity contribution in [3.05, 3.63) is 76.3 Å². The zero-order valence-corrected chi connectivity index (χ0v) is 14.8. The molecule has 0 radical (unpaired) electrons. The molecule has 3 aromatic rings. The molecule has 0 saturated carbocycles. The molecule has 0 aliphatic rings. The van der Waals surface area contributed by atoms with E-state index in [4.69, 9.17) is 0 Å². The molecule has 24 heavy (non-hydrogen) atoms. The van der Waals surface area contributed by atoms with Gasteiger partial charge in [-0.2, -0.15) is 0 Å². The second-order valence-corrected chi connectivity index (χ2v) is 6.35. The van der Waals surface area contributed by atoms with E-state index in [2.05, 4.69) is 20.9 Å². The zero-order chi connectivity index (χ0) is 17.1. The van der Waals surface area contributed by atoms with Gasteiger partial charge in [0.05, 0.1) is 0 Å². The van der Waals surface area contributed by atoms with Crippen LogP contribution in [0.15, 0.2) is 59.2 Å². The number of rotatable bonds is 4. The number of pyridine rings is 1. The van der Waals surface area contributed by atoms with E-state index in [-0.39, 0.29) is 18.3 Å². The summed E-state index contributed by atoms with van der Waals surface area (Å²) < 4.78 is 14.8. The van der Waals surface area contributed by atoms with Gasteiger partial charge in [-0.25, -0.2) is 4.39 Å². The maximum absolute atomic E-state index is 14.0. The molecule has 0 atom stereocenters. The van der Waals surface area contributed by atoms with Crippen molar-refractivity contribution in [3.63, 3.8) is 0 Å². The van der Waals surface area contributed by atoms with Gasteiger partial charge < -0.3 is 4.90 Å². The van der Waals surface area contributed by atoms with E-state index in [0.29, 0.717) is 17.8 Å². The Labute approximate surface area is 148 Å². The van der Waals surface area contributed by atoms with Crippen LogP contribution in [0.3, 0.4) is 0 Å². The third-order valence-corrected chi connectivity index (χ3v) is 4.41. The van der Waals surface area contributed by atoms with Gasteiger partial charge in [0, 0.05) is 34.7 Å². The molecule has 0 N–H and O–H groups in total. The van der Waals surface area contributed by atoms with Crippen LogP contribution in [0.25, 0.3) is 10.8 Å².